The van der Waals surface area contributed by atoms with E-state index >= 15 is 0 Å². The number of ether oxygens (including phenoxy) is 4. The summed E-state index contributed by atoms with van der Waals surface area (Å²) in [5.41, 5.74) is 1.87. The highest BCUT2D eigenvalue weighted by molar-refractivity contribution is 5.56. The number of rotatable bonds is 11. The van der Waals surface area contributed by atoms with Gasteiger partial charge in [0.15, 0.2) is 23.1 Å². The summed E-state index contributed by atoms with van der Waals surface area (Å²) in [6.07, 6.45) is 2.07. The third kappa shape index (κ3) is 6.26. The van der Waals surface area contributed by atoms with Gasteiger partial charge < -0.3 is 23.8 Å². The summed E-state index contributed by atoms with van der Waals surface area (Å²) in [4.78, 5) is 4.43. The van der Waals surface area contributed by atoms with Crippen molar-refractivity contribution in [1.29, 1.82) is 0 Å². The Morgan fingerprint density at radius 2 is 1.72 bits per heavy atom. The molecule has 1 aliphatic rings. The molecule has 7 heteroatoms. The van der Waals surface area contributed by atoms with Crippen LogP contribution in [0.15, 0.2) is 36.4 Å². The molecule has 0 N–H and O–H groups in total. The van der Waals surface area contributed by atoms with E-state index in [-0.39, 0.29) is 5.82 Å². The fraction of sp³-hybridized carbons (Fsp3) is 0.520. The highest BCUT2D eigenvalue weighted by Gasteiger charge is 2.18. The zero-order valence-electron chi connectivity index (χ0n) is 19.6. The van der Waals surface area contributed by atoms with Crippen LogP contribution in [0.5, 0.6) is 17.2 Å². The maximum atomic E-state index is 14.7. The van der Waals surface area contributed by atoms with Gasteiger partial charge in [-0.2, -0.15) is 0 Å². The normalized spacial score (nSPS) is 14.4. The van der Waals surface area contributed by atoms with Gasteiger partial charge >= 0.3 is 0 Å². The lowest BCUT2D eigenvalue weighted by Crippen LogP contribution is -2.38. The molecule has 0 amide bonds. The fourth-order valence-electron chi connectivity index (χ4n) is 4.00. The maximum absolute atomic E-state index is 14.7. The average molecular weight is 447 g/mol. The first-order valence-corrected chi connectivity index (χ1v) is 11.2. The summed E-state index contributed by atoms with van der Waals surface area (Å²) < 4.78 is 36.6. The first kappa shape index (κ1) is 24.1. The van der Waals surface area contributed by atoms with Gasteiger partial charge in [0.1, 0.15) is 6.61 Å². The third-order valence-electron chi connectivity index (χ3n) is 6.00. The molecule has 0 atom stereocenters. The quantitative estimate of drug-likeness (QED) is 0.511. The van der Waals surface area contributed by atoms with E-state index in [0.717, 1.165) is 50.4 Å². The molecule has 1 aliphatic heterocycles. The van der Waals surface area contributed by atoms with Crippen molar-refractivity contribution in [1.82, 2.24) is 4.90 Å². The molecule has 0 bridgehead atoms. The van der Waals surface area contributed by atoms with Crippen LogP contribution in [0.25, 0.3) is 0 Å². The number of nitrogens with zero attached hydrogens (tertiary/aromatic N) is 2. The number of hydrogen-bond acceptors (Lipinski definition) is 6. The van der Waals surface area contributed by atoms with Crippen molar-refractivity contribution in [2.45, 2.75) is 32.4 Å². The van der Waals surface area contributed by atoms with Crippen LogP contribution in [0.3, 0.4) is 0 Å². The largest absolute Gasteiger partial charge is 0.493 e. The standard InChI is InChI=1S/C25H35FN2O4/c1-5-28(21-7-9-24(29-3)25(17-21)30-4)18-19-6-8-23(22(26)16-19)32-15-12-27(2)20-10-13-31-14-11-20/h6-9,16-17,20H,5,10-15,18H2,1-4H3. The smallest absolute Gasteiger partial charge is 0.165 e. The molecule has 0 spiro atoms. The van der Waals surface area contributed by atoms with Gasteiger partial charge in [-0.1, -0.05) is 6.07 Å². The topological polar surface area (TPSA) is 43.4 Å². The zero-order valence-corrected chi connectivity index (χ0v) is 19.6. The van der Waals surface area contributed by atoms with Gasteiger partial charge in [-0.05, 0) is 56.6 Å². The Hall–Kier alpha value is -2.51. The molecule has 2 aromatic carbocycles. The first-order chi connectivity index (χ1) is 15.5. The molecule has 2 aromatic rings. The van der Waals surface area contributed by atoms with Gasteiger partial charge in [-0.15, -0.1) is 0 Å². The Labute approximate surface area is 190 Å². The SMILES string of the molecule is CCN(Cc1ccc(OCCN(C)C2CCOCC2)c(F)c1)c1ccc(OC)c(OC)c1. The number of hydrogen-bond donors (Lipinski definition) is 0. The Bertz CT molecular complexity index is 858. The van der Waals surface area contributed by atoms with E-state index in [9.17, 15) is 4.39 Å². The zero-order chi connectivity index (χ0) is 22.9. The minimum Gasteiger partial charge on any atom is -0.493 e. The number of anilines is 1. The predicted octanol–water partition coefficient (Wildman–Crippen LogP) is 4.36. The highest BCUT2D eigenvalue weighted by Crippen LogP contribution is 2.32. The summed E-state index contributed by atoms with van der Waals surface area (Å²) in [5, 5.41) is 0. The Kier molecular flexibility index (Phi) is 9.00. The van der Waals surface area contributed by atoms with E-state index in [4.69, 9.17) is 18.9 Å². The van der Waals surface area contributed by atoms with Gasteiger partial charge in [-0.25, -0.2) is 4.39 Å². The summed E-state index contributed by atoms with van der Waals surface area (Å²) in [6.45, 7) is 6.25. The maximum Gasteiger partial charge on any atom is 0.165 e. The molecular weight excluding hydrogens is 411 g/mol. The number of halogens is 1. The summed E-state index contributed by atoms with van der Waals surface area (Å²) in [7, 11) is 5.32. The molecule has 1 heterocycles. The number of likely N-dealkylation sites (N-methyl/N-ethyl adjacent to an activating group) is 1. The van der Waals surface area contributed by atoms with Crippen LogP contribution in [-0.4, -0.2) is 65.1 Å². The van der Waals surface area contributed by atoms with Gasteiger partial charge in [0.05, 0.1) is 14.2 Å². The Morgan fingerprint density at radius 3 is 2.38 bits per heavy atom. The second-order valence-electron chi connectivity index (χ2n) is 7.99. The van der Waals surface area contributed by atoms with Crippen LogP contribution in [-0.2, 0) is 11.3 Å². The lowest BCUT2D eigenvalue weighted by atomic mass is 10.1. The van der Waals surface area contributed by atoms with E-state index in [0.29, 0.717) is 36.4 Å². The monoisotopic (exact) mass is 446 g/mol. The van der Waals surface area contributed by atoms with Crippen molar-refractivity contribution in [2.24, 2.45) is 0 Å². The van der Waals surface area contributed by atoms with Crippen LogP contribution in [0.2, 0.25) is 0 Å². The second-order valence-corrected chi connectivity index (χ2v) is 7.99. The van der Waals surface area contributed by atoms with Crippen molar-refractivity contribution in [2.75, 3.05) is 59.1 Å². The molecule has 1 saturated heterocycles. The predicted molar refractivity (Wildman–Crippen MR) is 125 cm³/mol. The summed E-state index contributed by atoms with van der Waals surface area (Å²) in [6, 6.07) is 11.5. The van der Waals surface area contributed by atoms with Crippen molar-refractivity contribution >= 4 is 5.69 Å². The molecule has 3 rings (SSSR count). The van der Waals surface area contributed by atoms with Gasteiger partial charge in [0.25, 0.3) is 0 Å². The van der Waals surface area contributed by atoms with Crippen LogP contribution in [0, 0.1) is 5.82 Å². The fourth-order valence-corrected chi connectivity index (χ4v) is 4.00. The van der Waals surface area contributed by atoms with Crippen LogP contribution in [0.4, 0.5) is 10.1 Å². The van der Waals surface area contributed by atoms with E-state index in [1.807, 2.05) is 24.3 Å². The minimum atomic E-state index is -0.334. The van der Waals surface area contributed by atoms with Gasteiger partial charge in [0.2, 0.25) is 0 Å². The van der Waals surface area contributed by atoms with E-state index in [2.05, 4.69) is 23.8 Å². The molecule has 176 valence electrons. The Morgan fingerprint density at radius 1 is 1.00 bits per heavy atom. The minimum absolute atomic E-state index is 0.295. The van der Waals surface area contributed by atoms with Gasteiger partial charge in [-0.3, -0.25) is 4.90 Å². The number of methoxy groups -OCH3 is 2. The highest BCUT2D eigenvalue weighted by atomic mass is 19.1. The van der Waals surface area contributed by atoms with Crippen LogP contribution < -0.4 is 19.1 Å². The van der Waals surface area contributed by atoms with Crippen molar-refractivity contribution in [3.63, 3.8) is 0 Å². The second kappa shape index (κ2) is 11.9. The van der Waals surface area contributed by atoms with Crippen molar-refractivity contribution in [3.05, 3.63) is 47.8 Å². The summed E-state index contributed by atoms with van der Waals surface area (Å²) >= 11 is 0. The first-order valence-electron chi connectivity index (χ1n) is 11.2. The van der Waals surface area contributed by atoms with Crippen molar-refractivity contribution < 1.29 is 23.3 Å². The molecule has 32 heavy (non-hydrogen) atoms. The number of benzene rings is 2. The molecule has 0 saturated carbocycles. The van der Waals surface area contributed by atoms with E-state index in [1.54, 1.807) is 26.4 Å². The lowest BCUT2D eigenvalue weighted by Gasteiger charge is -2.31. The molecule has 0 aliphatic carbocycles. The lowest BCUT2D eigenvalue weighted by molar-refractivity contribution is 0.0391. The van der Waals surface area contributed by atoms with E-state index < -0.39 is 0 Å². The van der Waals surface area contributed by atoms with Crippen LogP contribution >= 0.6 is 0 Å². The molecule has 0 aromatic heterocycles. The van der Waals surface area contributed by atoms with E-state index in [1.165, 1.54) is 0 Å². The van der Waals surface area contributed by atoms with Crippen molar-refractivity contribution in [3.8, 4) is 17.2 Å². The molecule has 1 fully saturated rings. The molecule has 6 nitrogen and oxygen atoms in total. The van der Waals surface area contributed by atoms with Crippen LogP contribution in [0.1, 0.15) is 25.3 Å². The average Bonchev–Trinajstić information content (AvgIpc) is 2.83. The third-order valence-corrected chi connectivity index (χ3v) is 6.00. The van der Waals surface area contributed by atoms with Gasteiger partial charge in [0, 0.05) is 50.6 Å². The molecule has 0 unspecified atom stereocenters. The molecule has 0 radical (unpaired) electrons. The Balaban J connectivity index is 1.57. The molecular formula is C25H35FN2O4. The summed E-state index contributed by atoms with van der Waals surface area (Å²) in [5.74, 6) is 1.31.